The van der Waals surface area contributed by atoms with Crippen molar-refractivity contribution < 1.29 is 17.6 Å². The molecule has 0 bridgehead atoms. The number of anilines is 1. The molecule has 0 radical (unpaired) electrons. The number of halogens is 2. The molecule has 2 rings (SSSR count). The molecule has 1 N–H and O–H groups in total. The Morgan fingerprint density at radius 2 is 1.83 bits per heavy atom. The van der Waals surface area contributed by atoms with Gasteiger partial charge in [-0.15, -0.1) is 0 Å². The average Bonchev–Trinajstić information content (AvgIpc) is 2.50. The minimum atomic E-state index is -3.65. The van der Waals surface area contributed by atoms with Crippen LogP contribution in [-0.4, -0.2) is 32.7 Å². The smallest absolute Gasteiger partial charge is 0.256 e. The van der Waals surface area contributed by atoms with Crippen LogP contribution >= 0.6 is 15.9 Å². The van der Waals surface area contributed by atoms with Crippen LogP contribution in [0.25, 0.3) is 0 Å². The van der Waals surface area contributed by atoms with Gasteiger partial charge in [0.15, 0.2) is 0 Å². The number of carbonyl (C=O) groups excluding carboxylic acids is 1. The molecule has 0 unspecified atom stereocenters. The summed E-state index contributed by atoms with van der Waals surface area (Å²) in [5.74, 6) is -0.891. The molecule has 0 aliphatic carbocycles. The van der Waals surface area contributed by atoms with Crippen molar-refractivity contribution in [2.24, 2.45) is 0 Å². The van der Waals surface area contributed by atoms with E-state index in [1.807, 2.05) is 0 Å². The van der Waals surface area contributed by atoms with Crippen LogP contribution in [0.4, 0.5) is 10.1 Å². The summed E-state index contributed by atoms with van der Waals surface area (Å²) in [6.45, 7) is 1.67. The van der Waals surface area contributed by atoms with Gasteiger partial charge in [0.2, 0.25) is 10.0 Å². The summed E-state index contributed by atoms with van der Waals surface area (Å²) < 4.78 is 39.1. The molecule has 8 heteroatoms. The Balaban J connectivity index is 2.39. The van der Waals surface area contributed by atoms with Crippen molar-refractivity contribution in [3.05, 3.63) is 57.8 Å². The molecule has 0 spiro atoms. The van der Waals surface area contributed by atoms with Crippen molar-refractivity contribution in [1.29, 1.82) is 0 Å². The molecular formula is C16H16BrFN2O3S. The van der Waals surface area contributed by atoms with Crippen LogP contribution in [0.3, 0.4) is 0 Å². The van der Waals surface area contributed by atoms with Gasteiger partial charge >= 0.3 is 0 Å². The number of nitrogens with one attached hydrogen (secondary N) is 1. The van der Waals surface area contributed by atoms with Crippen molar-refractivity contribution in [2.75, 3.05) is 19.4 Å². The van der Waals surface area contributed by atoms with Gasteiger partial charge in [0, 0.05) is 24.3 Å². The van der Waals surface area contributed by atoms with Crippen LogP contribution in [0.2, 0.25) is 0 Å². The van der Waals surface area contributed by atoms with Gasteiger partial charge in [-0.2, -0.15) is 0 Å². The first-order chi connectivity index (χ1) is 11.1. The van der Waals surface area contributed by atoms with Crippen molar-refractivity contribution in [1.82, 2.24) is 4.31 Å². The zero-order chi connectivity index (χ0) is 18.1. The van der Waals surface area contributed by atoms with Crippen molar-refractivity contribution in [2.45, 2.75) is 11.8 Å². The van der Waals surface area contributed by atoms with Gasteiger partial charge < -0.3 is 5.32 Å². The highest BCUT2D eigenvalue weighted by atomic mass is 79.9. The van der Waals surface area contributed by atoms with E-state index in [0.717, 1.165) is 4.31 Å². The largest absolute Gasteiger partial charge is 0.322 e. The van der Waals surface area contributed by atoms with Crippen LogP contribution in [0.15, 0.2) is 45.8 Å². The van der Waals surface area contributed by atoms with Gasteiger partial charge in [0.05, 0.1) is 10.5 Å². The van der Waals surface area contributed by atoms with Gasteiger partial charge in [-0.1, -0.05) is 0 Å². The van der Waals surface area contributed by atoms with E-state index in [-0.39, 0.29) is 10.5 Å². The van der Waals surface area contributed by atoms with Gasteiger partial charge in [-0.05, 0) is 64.8 Å². The molecule has 0 aliphatic rings. The number of hydrogen-bond acceptors (Lipinski definition) is 3. The molecule has 1 amide bonds. The van der Waals surface area contributed by atoms with Crippen LogP contribution in [0.1, 0.15) is 15.9 Å². The molecule has 128 valence electrons. The third-order valence-corrected chi connectivity index (χ3v) is 5.90. The molecule has 0 aromatic heterocycles. The molecule has 24 heavy (non-hydrogen) atoms. The molecule has 5 nitrogen and oxygen atoms in total. The van der Waals surface area contributed by atoms with Gasteiger partial charge in [0.1, 0.15) is 5.82 Å². The normalized spacial score (nSPS) is 11.6. The maximum atomic E-state index is 13.1. The summed E-state index contributed by atoms with van der Waals surface area (Å²) in [4.78, 5) is 12.5. The number of rotatable bonds is 4. The highest BCUT2D eigenvalue weighted by Gasteiger charge is 2.21. The molecule has 0 atom stereocenters. The Hall–Kier alpha value is -1.77. The number of aryl methyl sites for hydroxylation is 1. The maximum Gasteiger partial charge on any atom is 0.256 e. The first-order valence-corrected chi connectivity index (χ1v) is 9.16. The number of hydrogen-bond donors (Lipinski definition) is 1. The lowest BCUT2D eigenvalue weighted by Gasteiger charge is -2.14. The molecular weight excluding hydrogens is 399 g/mol. The summed E-state index contributed by atoms with van der Waals surface area (Å²) in [6, 6.07) is 8.22. The minimum absolute atomic E-state index is 0.0108. The highest BCUT2D eigenvalue weighted by Crippen LogP contribution is 2.24. The summed E-state index contributed by atoms with van der Waals surface area (Å²) in [7, 11) is -0.822. The van der Waals surface area contributed by atoms with Crippen molar-refractivity contribution in [3.63, 3.8) is 0 Å². The van der Waals surface area contributed by atoms with E-state index < -0.39 is 21.7 Å². The third kappa shape index (κ3) is 3.82. The highest BCUT2D eigenvalue weighted by molar-refractivity contribution is 9.10. The average molecular weight is 415 g/mol. The molecule has 0 heterocycles. The van der Waals surface area contributed by atoms with E-state index in [0.29, 0.717) is 15.7 Å². The van der Waals surface area contributed by atoms with E-state index in [4.69, 9.17) is 0 Å². The Morgan fingerprint density at radius 1 is 1.17 bits per heavy atom. The minimum Gasteiger partial charge on any atom is -0.322 e. The van der Waals surface area contributed by atoms with Crippen LogP contribution < -0.4 is 5.32 Å². The van der Waals surface area contributed by atoms with E-state index in [9.17, 15) is 17.6 Å². The molecule has 0 saturated carbocycles. The Kier molecular flexibility index (Phi) is 5.42. The first-order valence-electron chi connectivity index (χ1n) is 6.92. The van der Waals surface area contributed by atoms with Gasteiger partial charge in [-0.3, -0.25) is 4.79 Å². The van der Waals surface area contributed by atoms with Gasteiger partial charge in [0.25, 0.3) is 5.91 Å². The fourth-order valence-electron chi connectivity index (χ4n) is 2.01. The van der Waals surface area contributed by atoms with Crippen LogP contribution in [0, 0.1) is 12.7 Å². The molecule has 0 aliphatic heterocycles. The Bertz CT molecular complexity index is 898. The Labute approximate surface area is 148 Å². The number of sulfonamides is 1. The SMILES string of the molecule is Cc1cc(F)ccc1NC(=O)c1cc(S(=O)(=O)N(C)C)ccc1Br. The quantitative estimate of drug-likeness (QED) is 0.833. The summed E-state index contributed by atoms with van der Waals surface area (Å²) in [5, 5.41) is 2.66. The third-order valence-electron chi connectivity index (χ3n) is 3.40. The summed E-state index contributed by atoms with van der Waals surface area (Å²) >= 11 is 3.25. The lowest BCUT2D eigenvalue weighted by molar-refractivity contribution is 0.102. The zero-order valence-corrected chi connectivity index (χ0v) is 15.7. The lowest BCUT2D eigenvalue weighted by atomic mass is 10.1. The second-order valence-corrected chi connectivity index (χ2v) is 8.35. The van der Waals surface area contributed by atoms with E-state index in [2.05, 4.69) is 21.2 Å². The lowest BCUT2D eigenvalue weighted by Crippen LogP contribution is -2.23. The second-order valence-electron chi connectivity index (χ2n) is 5.34. The Morgan fingerprint density at radius 3 is 2.42 bits per heavy atom. The number of benzene rings is 2. The summed E-state index contributed by atoms with van der Waals surface area (Å²) in [5.41, 5.74) is 1.19. The van der Waals surface area contributed by atoms with E-state index in [1.54, 1.807) is 6.92 Å². The first kappa shape index (κ1) is 18.6. The van der Waals surface area contributed by atoms with E-state index >= 15 is 0 Å². The topological polar surface area (TPSA) is 66.5 Å². The maximum absolute atomic E-state index is 13.1. The predicted molar refractivity (Wildman–Crippen MR) is 94.1 cm³/mol. The predicted octanol–water partition coefficient (Wildman–Crippen LogP) is 3.40. The van der Waals surface area contributed by atoms with Crippen molar-refractivity contribution >= 4 is 37.5 Å². The second kappa shape index (κ2) is 7.00. The fourth-order valence-corrected chi connectivity index (χ4v) is 3.36. The van der Waals surface area contributed by atoms with Gasteiger partial charge in [-0.25, -0.2) is 17.1 Å². The zero-order valence-electron chi connectivity index (χ0n) is 13.3. The van der Waals surface area contributed by atoms with Crippen LogP contribution in [0.5, 0.6) is 0 Å². The van der Waals surface area contributed by atoms with Crippen LogP contribution in [-0.2, 0) is 10.0 Å². The monoisotopic (exact) mass is 414 g/mol. The number of carbonyl (C=O) groups is 1. The number of nitrogens with zero attached hydrogens (tertiary/aromatic N) is 1. The number of amides is 1. The molecule has 2 aromatic carbocycles. The van der Waals surface area contributed by atoms with Crippen molar-refractivity contribution in [3.8, 4) is 0 Å². The molecule has 2 aromatic rings. The fraction of sp³-hybridized carbons (Fsp3) is 0.188. The summed E-state index contributed by atoms with van der Waals surface area (Å²) in [6.07, 6.45) is 0. The standard InChI is InChI=1S/C16H16BrFN2O3S/c1-10-8-11(18)4-7-15(10)19-16(21)13-9-12(5-6-14(13)17)24(22,23)20(2)3/h4-9H,1-3H3,(H,19,21). The molecule has 0 saturated heterocycles. The van der Waals surface area contributed by atoms with E-state index in [1.165, 1.54) is 50.5 Å². The molecule has 0 fully saturated rings.